The van der Waals surface area contributed by atoms with Gasteiger partial charge in [0.2, 0.25) is 5.91 Å². The maximum absolute atomic E-state index is 12.4. The van der Waals surface area contributed by atoms with Crippen LogP contribution in [0.2, 0.25) is 0 Å². The molecule has 6 nitrogen and oxygen atoms in total. The number of hydrogen-bond acceptors (Lipinski definition) is 4. The number of likely N-dealkylation sites (N-methyl/N-ethyl adjacent to an activating group) is 1. The Morgan fingerprint density at radius 3 is 2.57 bits per heavy atom. The molecule has 0 aromatic heterocycles. The molecule has 1 atom stereocenters. The van der Waals surface area contributed by atoms with Crippen molar-refractivity contribution in [1.29, 1.82) is 0 Å². The van der Waals surface area contributed by atoms with Gasteiger partial charge in [-0.25, -0.2) is 4.79 Å². The molecule has 1 aliphatic carbocycles. The number of carboxylic acids is 1. The highest BCUT2D eigenvalue weighted by molar-refractivity contribution is 5.78. The summed E-state index contributed by atoms with van der Waals surface area (Å²) in [5.41, 5.74) is 0. The van der Waals surface area contributed by atoms with Crippen LogP contribution < -0.4 is 0 Å². The van der Waals surface area contributed by atoms with Gasteiger partial charge >= 0.3 is 5.97 Å². The molecule has 1 heterocycles. The van der Waals surface area contributed by atoms with E-state index in [0.717, 1.165) is 18.8 Å². The predicted octanol–water partition coefficient (Wildman–Crippen LogP) is 0.809. The zero-order valence-corrected chi connectivity index (χ0v) is 13.0. The van der Waals surface area contributed by atoms with E-state index < -0.39 is 12.1 Å². The molecule has 0 aromatic rings. The number of carbonyl (C=O) groups is 2. The minimum absolute atomic E-state index is 0.0839. The van der Waals surface area contributed by atoms with Crippen molar-refractivity contribution in [2.24, 2.45) is 5.92 Å². The van der Waals surface area contributed by atoms with E-state index in [-0.39, 0.29) is 19.0 Å². The molecule has 1 unspecified atom stereocenters. The summed E-state index contributed by atoms with van der Waals surface area (Å²) < 4.78 is 5.17. The van der Waals surface area contributed by atoms with Crippen molar-refractivity contribution in [3.05, 3.63) is 0 Å². The van der Waals surface area contributed by atoms with Gasteiger partial charge in [0, 0.05) is 26.2 Å². The van der Waals surface area contributed by atoms with Crippen LogP contribution in [0.5, 0.6) is 0 Å². The highest BCUT2D eigenvalue weighted by Gasteiger charge is 2.30. The van der Waals surface area contributed by atoms with E-state index in [9.17, 15) is 9.59 Å². The zero-order chi connectivity index (χ0) is 15.4. The molecule has 2 fully saturated rings. The topological polar surface area (TPSA) is 70.1 Å². The van der Waals surface area contributed by atoms with E-state index in [4.69, 9.17) is 9.84 Å². The summed E-state index contributed by atoms with van der Waals surface area (Å²) in [6.07, 6.45) is 3.70. The number of rotatable bonds is 4. The number of aliphatic carboxylic acids is 1. The minimum Gasteiger partial charge on any atom is -0.479 e. The number of carboxylic acid groups (broad SMARTS) is 1. The van der Waals surface area contributed by atoms with Crippen molar-refractivity contribution in [3.8, 4) is 0 Å². The van der Waals surface area contributed by atoms with Crippen LogP contribution >= 0.6 is 0 Å². The van der Waals surface area contributed by atoms with Crippen molar-refractivity contribution in [1.82, 2.24) is 9.80 Å². The third-order valence-corrected chi connectivity index (χ3v) is 4.71. The van der Waals surface area contributed by atoms with Gasteiger partial charge in [-0.2, -0.15) is 0 Å². The van der Waals surface area contributed by atoms with Crippen LogP contribution in [0.1, 0.15) is 32.6 Å². The Balaban J connectivity index is 1.81. The molecule has 0 radical (unpaired) electrons. The van der Waals surface area contributed by atoms with Gasteiger partial charge in [-0.05, 0) is 31.6 Å². The summed E-state index contributed by atoms with van der Waals surface area (Å²) in [4.78, 5) is 27.1. The number of ether oxygens (including phenoxy) is 1. The molecule has 0 bridgehead atoms. The summed E-state index contributed by atoms with van der Waals surface area (Å²) in [7, 11) is 1.87. The fourth-order valence-corrected chi connectivity index (χ4v) is 3.13. The van der Waals surface area contributed by atoms with Gasteiger partial charge in [0.25, 0.3) is 0 Å². The summed E-state index contributed by atoms with van der Waals surface area (Å²) in [5, 5.41) is 8.98. The van der Waals surface area contributed by atoms with Gasteiger partial charge in [-0.15, -0.1) is 0 Å². The summed E-state index contributed by atoms with van der Waals surface area (Å²) >= 11 is 0. The molecule has 21 heavy (non-hydrogen) atoms. The second-order valence-corrected chi connectivity index (χ2v) is 6.35. The van der Waals surface area contributed by atoms with Gasteiger partial charge in [0.05, 0.1) is 13.2 Å². The molecule has 1 saturated carbocycles. The summed E-state index contributed by atoms with van der Waals surface area (Å²) in [5.74, 6) is -0.109. The first-order valence-electron chi connectivity index (χ1n) is 7.79. The van der Waals surface area contributed by atoms with E-state index in [0.29, 0.717) is 19.2 Å². The number of morpholine rings is 1. The molecule has 6 heteroatoms. The largest absolute Gasteiger partial charge is 0.479 e. The first-order chi connectivity index (χ1) is 9.97. The second kappa shape index (κ2) is 7.22. The summed E-state index contributed by atoms with van der Waals surface area (Å²) in [6, 6.07) is 0.338. The van der Waals surface area contributed by atoms with E-state index >= 15 is 0 Å². The lowest BCUT2D eigenvalue weighted by molar-refractivity contribution is -0.157. The Morgan fingerprint density at radius 2 is 1.95 bits per heavy atom. The molecular formula is C15H26N2O4. The first-order valence-corrected chi connectivity index (χ1v) is 7.79. The number of hydrogen-bond donors (Lipinski definition) is 1. The summed E-state index contributed by atoms with van der Waals surface area (Å²) in [6.45, 7) is 3.82. The highest BCUT2D eigenvalue weighted by Crippen LogP contribution is 2.26. The van der Waals surface area contributed by atoms with Crippen LogP contribution in [0.15, 0.2) is 0 Å². The number of carbonyl (C=O) groups excluding carboxylic acids is 1. The average Bonchev–Trinajstić information content (AvgIpc) is 2.47. The van der Waals surface area contributed by atoms with Gasteiger partial charge in [0.15, 0.2) is 6.10 Å². The van der Waals surface area contributed by atoms with Gasteiger partial charge < -0.3 is 14.7 Å². The van der Waals surface area contributed by atoms with Crippen LogP contribution in [0.25, 0.3) is 0 Å². The maximum Gasteiger partial charge on any atom is 0.334 e. The normalized spacial score (nSPS) is 30.9. The average molecular weight is 298 g/mol. The monoisotopic (exact) mass is 298 g/mol. The van der Waals surface area contributed by atoms with Crippen molar-refractivity contribution >= 4 is 11.9 Å². The van der Waals surface area contributed by atoms with Crippen molar-refractivity contribution in [2.45, 2.75) is 44.8 Å². The van der Waals surface area contributed by atoms with Crippen LogP contribution in [-0.4, -0.2) is 72.2 Å². The third kappa shape index (κ3) is 4.41. The zero-order valence-electron chi connectivity index (χ0n) is 13.0. The van der Waals surface area contributed by atoms with E-state index in [2.05, 4.69) is 6.92 Å². The van der Waals surface area contributed by atoms with Crippen molar-refractivity contribution < 1.29 is 19.4 Å². The van der Waals surface area contributed by atoms with Crippen molar-refractivity contribution in [2.75, 3.05) is 33.3 Å². The fraction of sp³-hybridized carbons (Fsp3) is 0.867. The van der Waals surface area contributed by atoms with E-state index in [1.165, 1.54) is 12.8 Å². The lowest BCUT2D eigenvalue weighted by Crippen LogP contribution is -2.51. The first kappa shape index (κ1) is 16.2. The molecule has 0 aromatic carbocycles. The lowest BCUT2D eigenvalue weighted by atomic mass is 9.87. The van der Waals surface area contributed by atoms with Crippen molar-refractivity contribution in [3.63, 3.8) is 0 Å². The second-order valence-electron chi connectivity index (χ2n) is 6.35. The van der Waals surface area contributed by atoms with Crippen LogP contribution in [0.3, 0.4) is 0 Å². The van der Waals surface area contributed by atoms with Crippen LogP contribution in [0.4, 0.5) is 0 Å². The van der Waals surface area contributed by atoms with Gasteiger partial charge in [-0.1, -0.05) is 6.92 Å². The molecule has 120 valence electrons. The molecule has 1 saturated heterocycles. The Morgan fingerprint density at radius 1 is 1.29 bits per heavy atom. The van der Waals surface area contributed by atoms with E-state index in [1.807, 2.05) is 16.8 Å². The van der Waals surface area contributed by atoms with Crippen LogP contribution in [0, 0.1) is 5.92 Å². The predicted molar refractivity (Wildman–Crippen MR) is 78.0 cm³/mol. The molecule has 2 aliphatic rings. The smallest absolute Gasteiger partial charge is 0.334 e. The SMILES string of the molecule is CC1CCC(N(C)C(=O)CN2CCOC(C(=O)O)C2)CC1. The highest BCUT2D eigenvalue weighted by atomic mass is 16.5. The molecule has 2 rings (SSSR count). The quantitative estimate of drug-likeness (QED) is 0.831. The Hall–Kier alpha value is -1.14. The third-order valence-electron chi connectivity index (χ3n) is 4.71. The fourth-order valence-electron chi connectivity index (χ4n) is 3.13. The lowest BCUT2D eigenvalue weighted by Gasteiger charge is -2.36. The van der Waals surface area contributed by atoms with E-state index in [1.54, 1.807) is 0 Å². The molecule has 1 aliphatic heterocycles. The molecule has 1 amide bonds. The Kier molecular flexibility index (Phi) is 5.58. The van der Waals surface area contributed by atoms with Crippen LogP contribution in [-0.2, 0) is 14.3 Å². The minimum atomic E-state index is -0.957. The van der Waals surface area contributed by atoms with Gasteiger partial charge in [0.1, 0.15) is 0 Å². The standard InChI is InChI=1S/C15H26N2O4/c1-11-3-5-12(6-4-11)16(2)14(18)10-17-7-8-21-13(9-17)15(19)20/h11-13H,3-10H2,1-2H3,(H,19,20). The van der Waals surface area contributed by atoms with Gasteiger partial charge in [-0.3, -0.25) is 9.69 Å². The maximum atomic E-state index is 12.4. The Labute approximate surface area is 126 Å². The molecule has 1 N–H and O–H groups in total. The molecule has 0 spiro atoms. The number of amides is 1. The molecular weight excluding hydrogens is 272 g/mol. The number of nitrogens with zero attached hydrogens (tertiary/aromatic N) is 2. The Bertz CT molecular complexity index is 380.